The lowest BCUT2D eigenvalue weighted by molar-refractivity contribution is -0.103. The van der Waals surface area contributed by atoms with Gasteiger partial charge in [-0.2, -0.15) is 0 Å². The first-order valence-electron chi connectivity index (χ1n) is 5.51. The van der Waals surface area contributed by atoms with Crippen molar-refractivity contribution in [3.8, 4) is 0 Å². The van der Waals surface area contributed by atoms with Crippen LogP contribution in [0.3, 0.4) is 0 Å². The Morgan fingerprint density at radius 1 is 1.50 bits per heavy atom. The molecule has 0 spiro atoms. The summed E-state index contributed by atoms with van der Waals surface area (Å²) in [4.78, 5) is 0. The van der Waals surface area contributed by atoms with Gasteiger partial charge in [0.25, 0.3) is 0 Å². The fraction of sp³-hybridized carbons (Fsp3) is 1.00. The van der Waals surface area contributed by atoms with Crippen LogP contribution < -0.4 is 0 Å². The van der Waals surface area contributed by atoms with Gasteiger partial charge in [0.1, 0.15) is 6.10 Å². The Bertz CT molecular complexity index is 246. The van der Waals surface area contributed by atoms with Crippen molar-refractivity contribution >= 4 is 42.8 Å². The third-order valence-corrected chi connectivity index (χ3v) is 4.82. The number of rotatable bonds is 7. The van der Waals surface area contributed by atoms with Gasteiger partial charge in [-0.3, -0.25) is 0 Å². The quantitative estimate of drug-likeness (QED) is 0.685. The van der Waals surface area contributed by atoms with Crippen LogP contribution in [0.15, 0.2) is 0 Å². The van der Waals surface area contributed by atoms with E-state index in [0.29, 0.717) is 6.42 Å². The second-order valence-corrected chi connectivity index (χ2v) is 11.1. The van der Waals surface area contributed by atoms with Gasteiger partial charge in [0.15, 0.2) is 6.29 Å². The van der Waals surface area contributed by atoms with Crippen LogP contribution in [0.1, 0.15) is 13.3 Å². The van der Waals surface area contributed by atoms with Crippen LogP contribution in [0.5, 0.6) is 0 Å². The van der Waals surface area contributed by atoms with Gasteiger partial charge >= 0.3 is 0 Å². The molecule has 0 saturated carbocycles. The van der Waals surface area contributed by atoms with Gasteiger partial charge in [-0.1, -0.05) is 33.7 Å². The van der Waals surface area contributed by atoms with Crippen LogP contribution >= 0.6 is 42.8 Å². The second-order valence-electron chi connectivity index (χ2n) is 4.14. The Labute approximate surface area is 117 Å². The van der Waals surface area contributed by atoms with E-state index in [9.17, 15) is 5.11 Å². The van der Waals surface area contributed by atoms with E-state index in [1.807, 2.05) is 6.92 Å². The Balaban J connectivity index is 2.62. The zero-order valence-electron chi connectivity index (χ0n) is 10.1. The Morgan fingerprint density at radius 2 is 2.17 bits per heavy atom. The molecule has 18 heavy (non-hydrogen) atoms. The highest BCUT2D eigenvalue weighted by molar-refractivity contribution is 8.41. The molecule has 0 aromatic carbocycles. The minimum Gasteiger partial charge on any atom is -0.394 e. The van der Waals surface area contributed by atoms with E-state index in [0.717, 1.165) is 0 Å². The molecule has 1 fully saturated rings. The molecule has 9 atom stereocenters. The molecule has 5 nitrogen and oxygen atoms in total. The molecule has 0 aromatic rings. The van der Waals surface area contributed by atoms with Gasteiger partial charge in [-0.05, 0) is 0 Å². The van der Waals surface area contributed by atoms with Gasteiger partial charge < -0.3 is 24.0 Å². The third-order valence-electron chi connectivity index (χ3n) is 2.83. The van der Waals surface area contributed by atoms with Crippen molar-refractivity contribution in [2.75, 3.05) is 6.61 Å². The van der Waals surface area contributed by atoms with Crippen molar-refractivity contribution in [1.29, 1.82) is 0 Å². The standard InChI is InChI=1S/C8H21O5P5/c1-4-6(2-5(10)3-9)11-8(13-18(15)16)7(4)12-17-14/h4-10,17H,2-3,14-16H2,1H3/t4-,5?,6+,7+,8+/m0/s1. The molecule has 1 aliphatic rings. The normalized spacial score (nSPS) is 34.8. The maximum absolute atomic E-state index is 9.50. The highest BCUT2D eigenvalue weighted by Gasteiger charge is 2.44. The molecule has 0 amide bonds. The molecule has 1 aliphatic heterocycles. The molecule has 0 radical (unpaired) electrons. The lowest BCUT2D eigenvalue weighted by atomic mass is 9.97. The molecule has 1 rings (SSSR count). The van der Waals surface area contributed by atoms with Crippen molar-refractivity contribution in [1.82, 2.24) is 0 Å². The lowest BCUT2D eigenvalue weighted by Gasteiger charge is -2.22. The Kier molecular flexibility index (Phi) is 9.07. The number of aliphatic hydroxyl groups is 2. The van der Waals surface area contributed by atoms with E-state index in [-0.39, 0.29) is 33.2 Å². The largest absolute Gasteiger partial charge is 0.394 e. The molecular formula is C8H21O5P5. The summed E-state index contributed by atoms with van der Waals surface area (Å²) in [6, 6.07) is 0. The molecule has 1 saturated heterocycles. The minimum absolute atomic E-state index is 0.120. The van der Waals surface area contributed by atoms with Crippen LogP contribution in [0.4, 0.5) is 0 Å². The van der Waals surface area contributed by atoms with Crippen molar-refractivity contribution in [2.24, 2.45) is 5.92 Å². The maximum Gasteiger partial charge on any atom is 0.189 e. The number of aliphatic hydroxyl groups excluding tert-OH is 2. The van der Waals surface area contributed by atoms with Gasteiger partial charge in [0, 0.05) is 20.8 Å². The Morgan fingerprint density at radius 3 is 2.67 bits per heavy atom. The summed E-state index contributed by atoms with van der Waals surface area (Å²) in [5, 5.41) is 18.4. The molecule has 0 bridgehead atoms. The summed E-state index contributed by atoms with van der Waals surface area (Å²) < 4.78 is 17.1. The molecule has 0 aromatic heterocycles. The summed E-state index contributed by atoms with van der Waals surface area (Å²) in [5.41, 5.74) is 0. The zero-order chi connectivity index (χ0) is 13.7. The Hall–Kier alpha value is 1.95. The van der Waals surface area contributed by atoms with E-state index < -0.39 is 19.9 Å². The van der Waals surface area contributed by atoms with E-state index >= 15 is 0 Å². The summed E-state index contributed by atoms with van der Waals surface area (Å²) in [6.07, 6.45) is -1.08. The van der Waals surface area contributed by atoms with Crippen LogP contribution in [-0.4, -0.2) is 41.4 Å². The number of ether oxygens (including phenoxy) is 1. The van der Waals surface area contributed by atoms with E-state index in [1.165, 1.54) is 0 Å². The van der Waals surface area contributed by atoms with Crippen LogP contribution in [0, 0.1) is 5.92 Å². The molecule has 1 heterocycles. The van der Waals surface area contributed by atoms with Gasteiger partial charge in [-0.25, -0.2) is 0 Å². The third kappa shape index (κ3) is 5.38. The van der Waals surface area contributed by atoms with Crippen molar-refractivity contribution in [3.63, 3.8) is 0 Å². The fourth-order valence-corrected chi connectivity index (χ4v) is 3.98. The highest BCUT2D eigenvalue weighted by atomic mass is 32.4. The van der Waals surface area contributed by atoms with E-state index in [4.69, 9.17) is 18.9 Å². The molecule has 0 aliphatic carbocycles. The number of hydrogen-bond donors (Lipinski definition) is 2. The first-order valence-corrected chi connectivity index (χ1v) is 12.7. The topological polar surface area (TPSA) is 68.2 Å². The average Bonchev–Trinajstić information content (AvgIpc) is 2.57. The average molecular weight is 352 g/mol. The van der Waals surface area contributed by atoms with Gasteiger partial charge in [0.2, 0.25) is 0 Å². The van der Waals surface area contributed by atoms with Crippen LogP contribution in [-0.2, 0) is 13.8 Å². The van der Waals surface area contributed by atoms with Crippen molar-refractivity contribution < 1.29 is 24.0 Å². The highest BCUT2D eigenvalue weighted by Crippen LogP contribution is 2.56. The lowest BCUT2D eigenvalue weighted by Crippen LogP contribution is -2.28. The second kappa shape index (κ2) is 9.07. The minimum atomic E-state index is -0.760. The fourth-order valence-electron chi connectivity index (χ4n) is 1.89. The smallest absolute Gasteiger partial charge is 0.189 e. The first kappa shape index (κ1) is 18.0. The molecule has 10 heteroatoms. The van der Waals surface area contributed by atoms with E-state index in [1.54, 1.807) is 0 Å². The summed E-state index contributed by atoms with van der Waals surface area (Å²) in [5.74, 6) is 0.120. The first-order chi connectivity index (χ1) is 8.49. The zero-order valence-corrected chi connectivity index (χ0v) is 15.5. The van der Waals surface area contributed by atoms with Gasteiger partial charge in [0.05, 0.1) is 26.3 Å². The van der Waals surface area contributed by atoms with Crippen molar-refractivity contribution in [3.05, 3.63) is 0 Å². The molecule has 5 unspecified atom stereocenters. The maximum atomic E-state index is 9.50. The summed E-state index contributed by atoms with van der Waals surface area (Å²) in [7, 11) is 7.30. The van der Waals surface area contributed by atoms with Crippen LogP contribution in [0.25, 0.3) is 0 Å². The molecular weight excluding hydrogens is 331 g/mol. The summed E-state index contributed by atoms with van der Waals surface area (Å²) >= 11 is 0. The molecule has 108 valence electrons. The predicted octanol–water partition coefficient (Wildman–Crippen LogP) is 1.85. The summed E-state index contributed by atoms with van der Waals surface area (Å²) in [6.45, 7) is 1.76. The van der Waals surface area contributed by atoms with E-state index in [2.05, 4.69) is 26.8 Å². The number of hydrogen-bond acceptors (Lipinski definition) is 5. The monoisotopic (exact) mass is 352 g/mol. The predicted molar refractivity (Wildman–Crippen MR) is 85.9 cm³/mol. The van der Waals surface area contributed by atoms with Crippen LogP contribution in [0.2, 0.25) is 0 Å². The van der Waals surface area contributed by atoms with Gasteiger partial charge in [-0.15, -0.1) is 0 Å². The molecule has 2 N–H and O–H groups in total. The SMILES string of the molecule is C[C@@H]1[C@@H](OPP)[C@@H](OP(P)P)O[C@@H]1CC(O)CO. The van der Waals surface area contributed by atoms with Crippen molar-refractivity contribution in [2.45, 2.75) is 37.9 Å².